The molecule has 6 rings (SSSR count). The van der Waals surface area contributed by atoms with Crippen molar-refractivity contribution >= 4 is 21.8 Å². The molecule has 0 saturated heterocycles. The molecule has 0 bridgehead atoms. The molecular weight excluding hydrogens is 530 g/mol. The van der Waals surface area contributed by atoms with Gasteiger partial charge in [-0.15, -0.1) is 0 Å². The van der Waals surface area contributed by atoms with Crippen LogP contribution in [0.5, 0.6) is 0 Å². The number of benzene rings is 5. The van der Waals surface area contributed by atoms with Gasteiger partial charge in [-0.3, -0.25) is 0 Å². The molecule has 0 radical (unpaired) electrons. The van der Waals surface area contributed by atoms with Crippen LogP contribution >= 0.6 is 0 Å². The second kappa shape index (κ2) is 10.5. The van der Waals surface area contributed by atoms with Crippen LogP contribution in [0.3, 0.4) is 0 Å². The largest absolute Gasteiger partial charge is 0.309 e. The maximum Gasteiger partial charge on any atom is 0.0632 e. The van der Waals surface area contributed by atoms with Crippen molar-refractivity contribution in [1.82, 2.24) is 4.57 Å². The first-order valence-corrected chi connectivity index (χ1v) is 15.7. The molecule has 0 aliphatic heterocycles. The normalized spacial score (nSPS) is 14.0. The summed E-state index contributed by atoms with van der Waals surface area (Å²) in [5.41, 5.74) is 10.2. The zero-order valence-corrected chi connectivity index (χ0v) is 28.0. The summed E-state index contributed by atoms with van der Waals surface area (Å²) in [5.74, 6) is 0. The monoisotopic (exact) mass is 581 g/mol. The van der Waals surface area contributed by atoms with E-state index < -0.39 is 5.41 Å². The fourth-order valence-corrected chi connectivity index (χ4v) is 6.45. The van der Waals surface area contributed by atoms with Gasteiger partial charge in [-0.2, -0.15) is 0 Å². The summed E-state index contributed by atoms with van der Waals surface area (Å²) in [7, 11) is 0. The summed E-state index contributed by atoms with van der Waals surface area (Å²) >= 11 is 0. The Morgan fingerprint density at radius 2 is 1.20 bits per heavy atom. The maximum atomic E-state index is 9.14. The van der Waals surface area contributed by atoms with E-state index in [2.05, 4.69) is 134 Å². The average Bonchev–Trinajstić information content (AvgIpc) is 3.36. The number of aromatic nitrogens is 1. The van der Waals surface area contributed by atoms with Crippen LogP contribution < -0.4 is 0 Å². The molecule has 44 heavy (non-hydrogen) atoms. The van der Waals surface area contributed by atoms with Crippen LogP contribution in [-0.2, 0) is 16.2 Å². The van der Waals surface area contributed by atoms with Crippen molar-refractivity contribution in [2.45, 2.75) is 85.5 Å². The summed E-state index contributed by atoms with van der Waals surface area (Å²) in [4.78, 5) is 0. The van der Waals surface area contributed by atoms with Crippen LogP contribution in [0.2, 0.25) is 0 Å². The second-order valence-corrected chi connectivity index (χ2v) is 15.3. The second-order valence-electron chi connectivity index (χ2n) is 15.3. The van der Waals surface area contributed by atoms with Gasteiger partial charge in [0, 0.05) is 16.5 Å². The molecule has 1 heteroatoms. The third kappa shape index (κ3) is 5.28. The summed E-state index contributed by atoms with van der Waals surface area (Å²) in [6.45, 7) is 21.9. The van der Waals surface area contributed by atoms with E-state index in [0.29, 0.717) is 11.1 Å². The Kier molecular flexibility index (Phi) is 6.03. The molecule has 0 aliphatic carbocycles. The zero-order valence-electron chi connectivity index (χ0n) is 32.0. The molecule has 0 N–H and O–H groups in total. The Morgan fingerprint density at radius 3 is 1.82 bits per heavy atom. The molecule has 0 aliphatic rings. The lowest BCUT2D eigenvalue weighted by Gasteiger charge is -2.27. The number of fused-ring (bicyclic) bond motifs is 3. The number of hydrogen-bond donors (Lipinski definition) is 0. The van der Waals surface area contributed by atoms with Crippen LogP contribution in [0.15, 0.2) is 103 Å². The lowest BCUT2D eigenvalue weighted by Crippen LogP contribution is -2.17. The summed E-state index contributed by atoms with van der Waals surface area (Å²) in [5, 5.41) is 2.22. The standard InChI is InChI=1S/C43H47N/c1-28-16-14-19-30(24-28)35-22-23-37-39(40(35)43(8,9)10)38-34(29-17-12-11-13-18-29)20-15-21-36(38)44(37)33-26-31(41(2,3)4)25-32(27-33)42(5,6)7/h11-27H,1-10H3/i14D,16D,19D,24D. The summed E-state index contributed by atoms with van der Waals surface area (Å²) < 4.78 is 37.6. The predicted octanol–water partition coefficient (Wildman–Crippen LogP) is 12.3. The molecule has 1 aromatic heterocycles. The molecule has 0 amide bonds. The molecule has 6 aromatic rings. The quantitative estimate of drug-likeness (QED) is 0.196. The highest BCUT2D eigenvalue weighted by molar-refractivity contribution is 6.18. The molecule has 0 spiro atoms. The van der Waals surface area contributed by atoms with E-state index in [1.807, 2.05) is 12.1 Å². The van der Waals surface area contributed by atoms with Gasteiger partial charge in [-0.25, -0.2) is 0 Å². The van der Waals surface area contributed by atoms with Crippen LogP contribution in [-0.4, -0.2) is 4.57 Å². The fourth-order valence-electron chi connectivity index (χ4n) is 6.45. The van der Waals surface area contributed by atoms with Crippen LogP contribution in [0.25, 0.3) is 49.7 Å². The first-order chi connectivity index (χ1) is 22.3. The van der Waals surface area contributed by atoms with Crippen molar-refractivity contribution in [2.75, 3.05) is 0 Å². The Morgan fingerprint density at radius 1 is 0.568 bits per heavy atom. The van der Waals surface area contributed by atoms with Crippen molar-refractivity contribution in [2.24, 2.45) is 0 Å². The predicted molar refractivity (Wildman–Crippen MR) is 192 cm³/mol. The van der Waals surface area contributed by atoms with Gasteiger partial charge < -0.3 is 4.57 Å². The minimum atomic E-state index is -0.393. The molecule has 5 aromatic carbocycles. The summed E-state index contributed by atoms with van der Waals surface area (Å²) in [6, 6.07) is 28.1. The van der Waals surface area contributed by atoms with E-state index >= 15 is 0 Å². The van der Waals surface area contributed by atoms with Gasteiger partial charge in [0.25, 0.3) is 0 Å². The maximum absolute atomic E-state index is 9.14. The van der Waals surface area contributed by atoms with Crippen LogP contribution in [0, 0.1) is 6.92 Å². The zero-order chi connectivity index (χ0) is 35.1. The molecular formula is C43H47N. The van der Waals surface area contributed by atoms with E-state index in [4.69, 9.17) is 5.48 Å². The Hall–Kier alpha value is -4.10. The molecule has 1 heterocycles. The van der Waals surface area contributed by atoms with Gasteiger partial charge >= 0.3 is 0 Å². The van der Waals surface area contributed by atoms with Crippen molar-refractivity contribution in [3.05, 3.63) is 125 Å². The molecule has 0 saturated carbocycles. The van der Waals surface area contributed by atoms with Crippen molar-refractivity contribution in [3.63, 3.8) is 0 Å². The van der Waals surface area contributed by atoms with E-state index in [9.17, 15) is 0 Å². The average molecular weight is 582 g/mol. The van der Waals surface area contributed by atoms with Gasteiger partial charge in [-0.1, -0.05) is 147 Å². The highest BCUT2D eigenvalue weighted by Gasteiger charge is 2.28. The smallest absolute Gasteiger partial charge is 0.0632 e. The third-order valence-corrected chi connectivity index (χ3v) is 8.72. The summed E-state index contributed by atoms with van der Waals surface area (Å²) in [6.07, 6.45) is 0. The van der Waals surface area contributed by atoms with Crippen molar-refractivity contribution < 1.29 is 5.48 Å². The highest BCUT2D eigenvalue weighted by Crippen LogP contribution is 2.47. The fraction of sp³-hybridized carbons (Fsp3) is 0.302. The van der Waals surface area contributed by atoms with Gasteiger partial charge in [0.2, 0.25) is 0 Å². The van der Waals surface area contributed by atoms with Gasteiger partial charge in [-0.05, 0) is 86.4 Å². The minimum absolute atomic E-state index is 0.0523. The molecule has 0 atom stereocenters. The van der Waals surface area contributed by atoms with E-state index in [-0.39, 0.29) is 35.0 Å². The van der Waals surface area contributed by atoms with Gasteiger partial charge in [0.05, 0.1) is 16.5 Å². The van der Waals surface area contributed by atoms with Crippen LogP contribution in [0.1, 0.15) is 90.1 Å². The number of hydrogen-bond acceptors (Lipinski definition) is 0. The Labute approximate surface area is 270 Å². The van der Waals surface area contributed by atoms with Crippen LogP contribution in [0.4, 0.5) is 0 Å². The lowest BCUT2D eigenvalue weighted by molar-refractivity contribution is 0.568. The van der Waals surface area contributed by atoms with Crippen molar-refractivity contribution in [3.8, 4) is 27.9 Å². The van der Waals surface area contributed by atoms with Crippen molar-refractivity contribution in [1.29, 1.82) is 0 Å². The minimum Gasteiger partial charge on any atom is -0.309 e. The van der Waals surface area contributed by atoms with E-state index in [1.54, 1.807) is 6.92 Å². The molecule has 0 fully saturated rings. The first-order valence-electron chi connectivity index (χ1n) is 17.7. The van der Waals surface area contributed by atoms with Gasteiger partial charge in [0.15, 0.2) is 0 Å². The molecule has 1 nitrogen and oxygen atoms in total. The molecule has 0 unspecified atom stereocenters. The topological polar surface area (TPSA) is 4.93 Å². The number of rotatable bonds is 3. The van der Waals surface area contributed by atoms with Gasteiger partial charge in [0.1, 0.15) is 0 Å². The lowest BCUT2D eigenvalue weighted by atomic mass is 9.78. The van der Waals surface area contributed by atoms with E-state index in [1.165, 1.54) is 11.1 Å². The highest BCUT2D eigenvalue weighted by atomic mass is 15.0. The Bertz CT molecular complexity index is 2160. The first kappa shape index (κ1) is 25.2. The molecule has 224 valence electrons. The SMILES string of the molecule is [2H]c1c([2H])c(C)c([2H])c(-c2ccc3c(c2C(C)(C)C)c2c(-c4ccccc4)cccc2n3-c2cc(C(C)(C)C)cc(C(C)(C)C)c2)c1[2H]. The number of nitrogens with zero attached hydrogens (tertiary/aromatic N) is 1. The van der Waals surface area contributed by atoms with E-state index in [0.717, 1.165) is 49.7 Å². The third-order valence-electron chi connectivity index (χ3n) is 8.72. The Balaban J connectivity index is 1.88.